The molecule has 0 spiro atoms. The third kappa shape index (κ3) is 8.62. The third-order valence-electron chi connectivity index (χ3n) is 1.49. The minimum absolute atomic E-state index is 0.214. The summed E-state index contributed by atoms with van der Waals surface area (Å²) >= 11 is 16.9. The van der Waals surface area contributed by atoms with Gasteiger partial charge in [-0.05, 0) is 18.9 Å². The van der Waals surface area contributed by atoms with Crippen LogP contribution in [0.4, 0.5) is 0 Å². The van der Waals surface area contributed by atoms with Crippen molar-refractivity contribution in [2.45, 2.75) is 25.3 Å². The zero-order valence-electron chi connectivity index (χ0n) is 7.02. The number of carboxylic acid groups (broad SMARTS) is 1. The molecule has 0 bridgehead atoms. The van der Waals surface area contributed by atoms with Crippen LogP contribution in [0.2, 0.25) is 6.04 Å². The lowest BCUT2D eigenvalue weighted by Gasteiger charge is -2.06. The minimum atomic E-state index is -2.52. The van der Waals surface area contributed by atoms with Crippen molar-refractivity contribution in [2.75, 3.05) is 0 Å². The summed E-state index contributed by atoms with van der Waals surface area (Å²) in [6.07, 6.45) is 1.92. The zero-order valence-corrected chi connectivity index (χ0v) is 10.3. The summed E-state index contributed by atoms with van der Waals surface area (Å²) in [4.78, 5) is 10.3. The number of rotatable bonds is 6. The molecule has 0 saturated carbocycles. The standard InChI is InChI=1S/C7H11Cl3O2Si/c1-6(7(11)12)4-2-3-5-13(8,9)10/h1-5H2,(H,11,12). The van der Waals surface area contributed by atoms with Crippen LogP contribution in [0.3, 0.4) is 0 Å². The largest absolute Gasteiger partial charge is 0.478 e. The Morgan fingerprint density at radius 3 is 2.23 bits per heavy atom. The van der Waals surface area contributed by atoms with Crippen molar-refractivity contribution >= 4 is 45.2 Å². The van der Waals surface area contributed by atoms with E-state index in [2.05, 4.69) is 6.58 Å². The summed E-state index contributed by atoms with van der Waals surface area (Å²) < 4.78 is 0. The fraction of sp³-hybridized carbons (Fsp3) is 0.571. The van der Waals surface area contributed by atoms with Crippen LogP contribution in [0.1, 0.15) is 19.3 Å². The molecule has 0 atom stereocenters. The van der Waals surface area contributed by atoms with E-state index in [-0.39, 0.29) is 5.57 Å². The van der Waals surface area contributed by atoms with Crippen LogP contribution in [0, 0.1) is 0 Å². The molecule has 6 heteroatoms. The second-order valence-electron chi connectivity index (χ2n) is 2.73. The minimum Gasteiger partial charge on any atom is -0.478 e. The third-order valence-corrected chi connectivity index (χ3v) is 4.11. The van der Waals surface area contributed by atoms with Gasteiger partial charge in [-0.3, -0.25) is 0 Å². The molecule has 0 aromatic heterocycles. The summed E-state index contributed by atoms with van der Waals surface area (Å²) in [5.74, 6) is -0.953. The van der Waals surface area contributed by atoms with E-state index in [4.69, 9.17) is 38.3 Å². The molecule has 2 nitrogen and oxygen atoms in total. The Morgan fingerprint density at radius 1 is 1.31 bits per heavy atom. The molecule has 0 saturated heterocycles. The topological polar surface area (TPSA) is 37.3 Å². The summed E-state index contributed by atoms with van der Waals surface area (Å²) in [5, 5.41) is 8.47. The van der Waals surface area contributed by atoms with E-state index >= 15 is 0 Å². The maximum absolute atomic E-state index is 10.3. The first-order chi connectivity index (χ1) is 5.83. The van der Waals surface area contributed by atoms with Crippen molar-refractivity contribution in [3.8, 4) is 0 Å². The van der Waals surface area contributed by atoms with Crippen molar-refractivity contribution in [2.24, 2.45) is 0 Å². The summed E-state index contributed by atoms with van der Waals surface area (Å²) in [6.45, 7) is 3.40. The molecule has 0 aromatic carbocycles. The van der Waals surface area contributed by atoms with Gasteiger partial charge in [0.25, 0.3) is 0 Å². The lowest BCUT2D eigenvalue weighted by Crippen LogP contribution is -2.08. The summed E-state index contributed by atoms with van der Waals surface area (Å²) in [6, 6.07) is -1.94. The lowest BCUT2D eigenvalue weighted by atomic mass is 10.1. The van der Waals surface area contributed by atoms with E-state index in [9.17, 15) is 4.79 Å². The van der Waals surface area contributed by atoms with Gasteiger partial charge in [0, 0.05) is 5.57 Å². The number of carboxylic acids is 1. The highest BCUT2D eigenvalue weighted by atomic mass is 35.8. The van der Waals surface area contributed by atoms with Crippen LogP contribution < -0.4 is 0 Å². The second kappa shape index (κ2) is 5.91. The van der Waals surface area contributed by atoms with E-state index in [0.717, 1.165) is 6.42 Å². The number of carbonyl (C=O) groups is 1. The Bertz CT molecular complexity index is 200. The second-order valence-corrected chi connectivity index (χ2v) is 12.0. The number of halogens is 3. The van der Waals surface area contributed by atoms with E-state index in [0.29, 0.717) is 18.9 Å². The molecule has 1 N–H and O–H groups in total. The van der Waals surface area contributed by atoms with Gasteiger partial charge in [0.05, 0.1) is 0 Å². The van der Waals surface area contributed by atoms with Gasteiger partial charge in [0.15, 0.2) is 0 Å². The van der Waals surface area contributed by atoms with Gasteiger partial charge in [-0.15, -0.1) is 33.2 Å². The van der Waals surface area contributed by atoms with Crippen LogP contribution in [0.25, 0.3) is 0 Å². The van der Waals surface area contributed by atoms with E-state index in [1.54, 1.807) is 0 Å². The average molecular weight is 262 g/mol. The normalized spacial score (nSPS) is 11.3. The van der Waals surface area contributed by atoms with Crippen LogP contribution in [0.15, 0.2) is 12.2 Å². The molecule has 0 aliphatic heterocycles. The van der Waals surface area contributed by atoms with Crippen molar-refractivity contribution in [3.05, 3.63) is 12.2 Å². The van der Waals surface area contributed by atoms with Crippen LogP contribution in [0.5, 0.6) is 0 Å². The Hall–Kier alpha value is 0.297. The van der Waals surface area contributed by atoms with E-state index in [1.165, 1.54) is 0 Å². The maximum atomic E-state index is 10.3. The molecule has 0 aliphatic rings. The van der Waals surface area contributed by atoms with Gasteiger partial charge < -0.3 is 5.11 Å². The van der Waals surface area contributed by atoms with Gasteiger partial charge in [-0.25, -0.2) is 4.79 Å². The van der Waals surface area contributed by atoms with Gasteiger partial charge in [0.2, 0.25) is 0 Å². The Labute approximate surface area is 92.6 Å². The molecule has 76 valence electrons. The lowest BCUT2D eigenvalue weighted by molar-refractivity contribution is -0.132. The molecule has 0 rings (SSSR count). The van der Waals surface area contributed by atoms with Crippen molar-refractivity contribution in [3.63, 3.8) is 0 Å². The number of hydrogen-bond acceptors (Lipinski definition) is 1. The van der Waals surface area contributed by atoms with Crippen molar-refractivity contribution < 1.29 is 9.90 Å². The molecule has 0 unspecified atom stereocenters. The van der Waals surface area contributed by atoms with Gasteiger partial charge >= 0.3 is 12.0 Å². The smallest absolute Gasteiger partial charge is 0.341 e. The summed E-state index contributed by atoms with van der Waals surface area (Å²) in [7, 11) is 0. The molecule has 0 radical (unpaired) electrons. The van der Waals surface area contributed by atoms with Crippen molar-refractivity contribution in [1.29, 1.82) is 0 Å². The van der Waals surface area contributed by atoms with E-state index in [1.807, 2.05) is 0 Å². The predicted molar refractivity (Wildman–Crippen MR) is 58.7 cm³/mol. The first-order valence-corrected chi connectivity index (χ1v) is 9.05. The fourth-order valence-corrected chi connectivity index (χ4v) is 2.62. The Balaban J connectivity index is 3.47. The first kappa shape index (κ1) is 13.3. The molecular formula is C7H11Cl3O2Si. The quantitative estimate of drug-likeness (QED) is 0.344. The molecule has 13 heavy (non-hydrogen) atoms. The highest BCUT2D eigenvalue weighted by Crippen LogP contribution is 2.27. The highest BCUT2D eigenvalue weighted by Gasteiger charge is 2.23. The molecule has 0 aliphatic carbocycles. The molecule has 0 aromatic rings. The van der Waals surface area contributed by atoms with Crippen LogP contribution in [-0.4, -0.2) is 17.1 Å². The first-order valence-electron chi connectivity index (χ1n) is 3.81. The number of aliphatic carboxylic acids is 1. The van der Waals surface area contributed by atoms with Gasteiger partial charge in [-0.2, -0.15) is 0 Å². The van der Waals surface area contributed by atoms with Crippen LogP contribution in [-0.2, 0) is 4.79 Å². The predicted octanol–water partition coefficient (Wildman–Crippen LogP) is 3.45. The van der Waals surface area contributed by atoms with Gasteiger partial charge in [-0.1, -0.05) is 13.0 Å². The number of hydrogen-bond donors (Lipinski definition) is 1. The molecular weight excluding hydrogens is 251 g/mol. The monoisotopic (exact) mass is 260 g/mol. The Kier molecular flexibility index (Phi) is 6.04. The highest BCUT2D eigenvalue weighted by molar-refractivity contribution is 7.64. The molecule has 0 fully saturated rings. The van der Waals surface area contributed by atoms with Crippen LogP contribution >= 0.6 is 33.2 Å². The average Bonchev–Trinajstić information content (AvgIpc) is 1.95. The molecule has 0 amide bonds. The summed E-state index contributed by atoms with van der Waals surface area (Å²) in [5.41, 5.74) is 0.214. The fourth-order valence-electron chi connectivity index (χ4n) is 0.771. The number of unbranched alkanes of at least 4 members (excludes halogenated alkanes) is 1. The SMILES string of the molecule is C=C(CCCC[Si](Cl)(Cl)Cl)C(=O)O. The van der Waals surface area contributed by atoms with E-state index < -0.39 is 12.0 Å². The van der Waals surface area contributed by atoms with Gasteiger partial charge in [0.1, 0.15) is 0 Å². The molecule has 0 heterocycles. The van der Waals surface area contributed by atoms with Crippen molar-refractivity contribution in [1.82, 2.24) is 0 Å². The Morgan fingerprint density at radius 2 is 1.85 bits per heavy atom. The zero-order chi connectivity index (χ0) is 10.5. The maximum Gasteiger partial charge on any atom is 0.341 e.